The van der Waals surface area contributed by atoms with Gasteiger partial charge < -0.3 is 20.6 Å². The minimum atomic E-state index is -1.03. The molecule has 0 aliphatic rings. The minimum absolute atomic E-state index is 0. The molecule has 0 aliphatic carbocycles. The number of hydrogen-bond acceptors (Lipinski definition) is 2. The van der Waals surface area contributed by atoms with Gasteiger partial charge >= 0.3 is 0 Å². The Morgan fingerprint density at radius 3 is 1.44 bits per heavy atom. The van der Waals surface area contributed by atoms with Crippen LogP contribution in [0.25, 0.3) is 54.7 Å². The summed E-state index contributed by atoms with van der Waals surface area (Å²) in [6.45, 7) is 8.36. The number of halogens is 4. The molecule has 0 spiro atoms. The molecule has 0 saturated carbocycles. The second kappa shape index (κ2) is 19.2. The van der Waals surface area contributed by atoms with E-state index in [2.05, 4.69) is 72.6 Å². The van der Waals surface area contributed by atoms with E-state index >= 15 is 0 Å². The molecule has 7 rings (SSSR count). The molecule has 0 N–H and O–H groups in total. The molecule has 269 valence electrons. The van der Waals surface area contributed by atoms with E-state index in [1.807, 2.05) is 18.2 Å². The summed E-state index contributed by atoms with van der Waals surface area (Å²) >= 11 is 0. The van der Waals surface area contributed by atoms with Crippen molar-refractivity contribution in [3.63, 3.8) is 0 Å². The van der Waals surface area contributed by atoms with Gasteiger partial charge in [-0.3, -0.25) is 17.6 Å². The third-order valence-electron chi connectivity index (χ3n) is 6.71. The van der Waals surface area contributed by atoms with Crippen molar-refractivity contribution in [2.75, 3.05) is 0 Å². The molecule has 9 heteroatoms. The van der Waals surface area contributed by atoms with Crippen LogP contribution in [0, 0.1) is 35.4 Å². The van der Waals surface area contributed by atoms with Gasteiger partial charge in [0.05, 0.1) is 16.4 Å². The molecule has 2 aromatic heterocycles. The largest absolute Gasteiger partial charge is 0.672 e. The molecule has 0 amide bonds. The van der Waals surface area contributed by atoms with Crippen LogP contribution in [0.5, 0.6) is 0 Å². The Hall–Kier alpha value is -4.79. The summed E-state index contributed by atoms with van der Waals surface area (Å²) in [5.41, 5.74) is -0.0502. The number of aromatic nitrogens is 2. The van der Waals surface area contributed by atoms with Crippen molar-refractivity contribution in [3.8, 4) is 22.5 Å². The standard InChI is InChI=1S/2C15H8F2N.C13H20N2.Ir/c2*16-11-5-6-13(14(17)9-11)15-12-4-2-1-3-10(12)7-8-18-15;1-10(2)14-13(15-11(3)4)12-8-6-5-7-9-12;/h2*1-5,7-9H;5-11,13H,1-4H3;/q2*-1;-2;/i2*1D,2D,3D,4D,7D,8D;;. The van der Waals surface area contributed by atoms with Gasteiger partial charge in [0, 0.05) is 55.7 Å². The SMILES string of the molecule is CC(C)[N-]C([N-]C(C)C)c1ccccc1.[2H]c1nc(-c2[c-]cc(F)cc2F)c2c([2H])c([2H])c([2H])c([2H])c2c1[2H].[2H]c1nc(-c2[c-]cc(F)cc2F)c2c([2H])c([2H])c([2H])c([2H])c2c1[2H].[Ir]. The van der Waals surface area contributed by atoms with E-state index in [0.717, 1.165) is 12.1 Å². The topological polar surface area (TPSA) is 54.0 Å². The number of hydrogen-bond donors (Lipinski definition) is 0. The quantitative estimate of drug-likeness (QED) is 0.118. The molecular weight excluding hydrogens is 841 g/mol. The number of fused-ring (bicyclic) bond motifs is 2. The van der Waals surface area contributed by atoms with Crippen molar-refractivity contribution in [2.24, 2.45) is 0 Å². The summed E-state index contributed by atoms with van der Waals surface area (Å²) in [7, 11) is 0. The van der Waals surface area contributed by atoms with Crippen LogP contribution < -0.4 is 0 Å². The molecule has 0 atom stereocenters. The number of rotatable bonds is 7. The Balaban J connectivity index is 0.000000215. The summed E-state index contributed by atoms with van der Waals surface area (Å²) in [5, 5.41) is 8.35. The maximum Gasteiger partial charge on any atom is 0.0830 e. The Morgan fingerprint density at radius 1 is 0.615 bits per heavy atom. The Labute approximate surface area is 332 Å². The van der Waals surface area contributed by atoms with Gasteiger partial charge in [-0.2, -0.15) is 0 Å². The maximum atomic E-state index is 14.1. The first-order valence-electron chi connectivity index (χ1n) is 21.5. The first-order valence-corrected chi connectivity index (χ1v) is 15.5. The van der Waals surface area contributed by atoms with Crippen LogP contribution in [0.2, 0.25) is 0 Å². The van der Waals surface area contributed by atoms with Crippen LogP contribution in [0.15, 0.2) is 127 Å². The van der Waals surface area contributed by atoms with Gasteiger partial charge in [0.1, 0.15) is 0 Å². The van der Waals surface area contributed by atoms with E-state index in [1.54, 1.807) is 0 Å². The van der Waals surface area contributed by atoms with Crippen LogP contribution in [-0.4, -0.2) is 22.1 Å². The summed E-state index contributed by atoms with van der Waals surface area (Å²) in [6.07, 6.45) is -1.18. The molecule has 0 bridgehead atoms. The molecular formula is C43H36F4IrN4-4. The molecule has 5 aromatic carbocycles. The predicted molar refractivity (Wildman–Crippen MR) is 198 cm³/mol. The normalized spacial score (nSPS) is 14.1. The number of pyridine rings is 2. The molecule has 0 aliphatic heterocycles. The second-order valence-electron chi connectivity index (χ2n) is 11.2. The molecule has 1 radical (unpaired) electrons. The molecule has 0 unspecified atom stereocenters. The van der Waals surface area contributed by atoms with Gasteiger partial charge in [-0.25, -0.2) is 6.17 Å². The van der Waals surface area contributed by atoms with E-state index < -0.39 is 96.0 Å². The van der Waals surface area contributed by atoms with Gasteiger partial charge in [-0.05, 0) is 45.0 Å². The average molecular weight is 889 g/mol. The predicted octanol–water partition coefficient (Wildman–Crippen LogP) is 12.2. The summed E-state index contributed by atoms with van der Waals surface area (Å²) in [5.74, 6) is -3.81. The van der Waals surface area contributed by atoms with Gasteiger partial charge in [0.25, 0.3) is 0 Å². The van der Waals surface area contributed by atoms with E-state index in [1.165, 1.54) is 5.56 Å². The van der Waals surface area contributed by atoms with E-state index in [-0.39, 0.29) is 70.3 Å². The van der Waals surface area contributed by atoms with Crippen LogP contribution in [0.1, 0.15) is 55.9 Å². The first kappa shape index (κ1) is 26.0. The van der Waals surface area contributed by atoms with Crippen molar-refractivity contribution >= 4 is 21.5 Å². The third kappa shape index (κ3) is 10.6. The Kier molecular flexibility index (Phi) is 9.60. The maximum absolute atomic E-state index is 14.1. The van der Waals surface area contributed by atoms with Gasteiger partial charge in [-0.15, -0.1) is 36.3 Å². The third-order valence-corrected chi connectivity index (χ3v) is 6.71. The number of nitrogens with zero attached hydrogens (tertiary/aromatic N) is 4. The average Bonchev–Trinajstić information content (AvgIpc) is 3.22. The van der Waals surface area contributed by atoms with Gasteiger partial charge in [0.2, 0.25) is 0 Å². The molecule has 2 heterocycles. The summed E-state index contributed by atoms with van der Waals surface area (Å²) in [6, 6.07) is 13.1. The molecule has 7 aromatic rings. The Bertz CT molecular complexity index is 2690. The van der Waals surface area contributed by atoms with Crippen LogP contribution >= 0.6 is 0 Å². The summed E-state index contributed by atoms with van der Waals surface area (Å²) in [4.78, 5) is 7.54. The fourth-order valence-electron chi connectivity index (χ4n) is 4.57. The van der Waals surface area contributed by atoms with Crippen molar-refractivity contribution < 1.29 is 54.1 Å². The zero-order valence-electron chi connectivity index (χ0n) is 40.1. The molecule has 52 heavy (non-hydrogen) atoms. The van der Waals surface area contributed by atoms with Gasteiger partial charge in [0.15, 0.2) is 0 Å². The van der Waals surface area contributed by atoms with Crippen molar-refractivity contribution in [3.05, 3.63) is 179 Å². The first-order chi connectivity index (χ1) is 29.6. The molecule has 0 fully saturated rings. The van der Waals surface area contributed by atoms with Crippen LogP contribution in [0.3, 0.4) is 0 Å². The zero-order chi connectivity index (χ0) is 46.8. The van der Waals surface area contributed by atoms with E-state index in [9.17, 15) is 17.6 Å². The van der Waals surface area contributed by atoms with E-state index in [0.29, 0.717) is 24.2 Å². The minimum Gasteiger partial charge on any atom is -0.672 e. The van der Waals surface area contributed by atoms with Crippen molar-refractivity contribution in [1.82, 2.24) is 9.97 Å². The second-order valence-corrected chi connectivity index (χ2v) is 11.2. The zero-order valence-corrected chi connectivity index (χ0v) is 30.5. The monoisotopic (exact) mass is 889 g/mol. The van der Waals surface area contributed by atoms with Crippen molar-refractivity contribution in [1.29, 1.82) is 0 Å². The van der Waals surface area contributed by atoms with Crippen LogP contribution in [0.4, 0.5) is 17.6 Å². The van der Waals surface area contributed by atoms with Gasteiger partial charge in [-0.1, -0.05) is 135 Å². The molecule has 0 saturated heterocycles. The fourth-order valence-corrected chi connectivity index (χ4v) is 4.57. The smallest absolute Gasteiger partial charge is 0.0830 e. The Morgan fingerprint density at radius 2 is 1.04 bits per heavy atom. The van der Waals surface area contributed by atoms with Crippen LogP contribution in [-0.2, 0) is 20.1 Å². The fraction of sp³-hybridized carbons (Fsp3) is 0.163. The van der Waals surface area contributed by atoms with Crippen molar-refractivity contribution in [2.45, 2.75) is 45.9 Å². The van der Waals surface area contributed by atoms with E-state index in [4.69, 9.17) is 16.4 Å². The molecule has 4 nitrogen and oxygen atoms in total. The number of benzene rings is 5. The summed E-state index contributed by atoms with van der Waals surface area (Å²) < 4.78 is 148.